The zero-order valence-electron chi connectivity index (χ0n) is 6.31. The van der Waals surface area contributed by atoms with E-state index in [1.165, 1.54) is 0 Å². The van der Waals surface area contributed by atoms with E-state index in [-0.39, 0.29) is 0 Å². The number of rotatable bonds is 4. The van der Waals surface area contributed by atoms with Gasteiger partial charge in [0.2, 0.25) is 8.32 Å². The summed E-state index contributed by atoms with van der Waals surface area (Å²) in [4.78, 5) is 4.79. The van der Waals surface area contributed by atoms with E-state index in [9.17, 15) is 0 Å². The van der Waals surface area contributed by atoms with E-state index >= 15 is 0 Å². The molecule has 0 fully saturated rings. The molecule has 0 bridgehead atoms. The van der Waals surface area contributed by atoms with Crippen LogP contribution >= 0.6 is 0 Å². The van der Waals surface area contributed by atoms with Gasteiger partial charge >= 0.3 is 0 Å². The van der Waals surface area contributed by atoms with Crippen LogP contribution < -0.4 is 0 Å². The fourth-order valence-corrected chi connectivity index (χ4v) is 0.681. The molecule has 0 aliphatic heterocycles. The second-order valence-electron chi connectivity index (χ2n) is 2.77. The van der Waals surface area contributed by atoms with Crippen LogP contribution in [0.1, 0.15) is 0 Å². The van der Waals surface area contributed by atoms with E-state index in [4.69, 9.17) is 9.46 Å². The molecule has 54 valence electrons. The number of hydrogen-bond donors (Lipinski definition) is 0. The Bertz CT molecular complexity index is 85.5. The summed E-state index contributed by atoms with van der Waals surface area (Å²) in [5.41, 5.74) is 0. The first kappa shape index (κ1) is 8.88. The highest BCUT2D eigenvalue weighted by atomic mass is 28.4. The summed E-state index contributed by atoms with van der Waals surface area (Å²) in [6.07, 6.45) is 1.67. The molecule has 3 heteroatoms. The molecule has 0 rings (SSSR count). The van der Waals surface area contributed by atoms with Gasteiger partial charge in [0, 0.05) is 0 Å². The first-order chi connectivity index (χ1) is 4.06. The highest BCUT2D eigenvalue weighted by Crippen LogP contribution is 2.01. The predicted octanol–water partition coefficient (Wildman–Crippen LogP) is 1.96. The van der Waals surface area contributed by atoms with Gasteiger partial charge in [0.1, 0.15) is 0 Å². The molecule has 0 saturated heterocycles. The van der Waals surface area contributed by atoms with Gasteiger partial charge in [0.25, 0.3) is 0 Å². The lowest BCUT2D eigenvalue weighted by Crippen LogP contribution is -2.25. The van der Waals surface area contributed by atoms with E-state index in [2.05, 4.69) is 26.2 Å². The maximum absolute atomic E-state index is 5.04. The monoisotopic (exact) mass is 146 g/mol. The Balaban J connectivity index is 3.17. The Kier molecular flexibility index (Phi) is 3.77. The minimum atomic E-state index is -1.46. The molecule has 0 atom stereocenters. The van der Waals surface area contributed by atoms with Gasteiger partial charge < -0.3 is 0 Å². The first-order valence-corrected chi connectivity index (χ1v) is 6.38. The Morgan fingerprint density at radius 2 is 2.00 bits per heavy atom. The molecule has 0 saturated carbocycles. The molecule has 0 radical (unpaired) electrons. The largest absolute Gasteiger partial charge is 0.287 e. The first-order valence-electron chi connectivity index (χ1n) is 2.98. The zero-order chi connectivity index (χ0) is 7.33. The fourth-order valence-electron chi connectivity index (χ4n) is 0.259. The lowest BCUT2D eigenvalue weighted by Gasteiger charge is -2.13. The Morgan fingerprint density at radius 3 is 2.33 bits per heavy atom. The summed E-state index contributed by atoms with van der Waals surface area (Å²) >= 11 is 0. The molecule has 2 nitrogen and oxygen atoms in total. The van der Waals surface area contributed by atoms with Gasteiger partial charge in [0.05, 0.1) is 6.61 Å². The molecular weight excluding hydrogens is 132 g/mol. The van der Waals surface area contributed by atoms with Crippen LogP contribution in [0.2, 0.25) is 19.6 Å². The van der Waals surface area contributed by atoms with E-state index in [1.54, 1.807) is 6.08 Å². The maximum Gasteiger partial charge on any atom is 0.230 e. The van der Waals surface area contributed by atoms with Gasteiger partial charge in [0.15, 0.2) is 0 Å². The highest BCUT2D eigenvalue weighted by molar-refractivity contribution is 6.69. The van der Waals surface area contributed by atoms with Crippen molar-refractivity contribution in [1.29, 1.82) is 0 Å². The fraction of sp³-hybridized carbons (Fsp3) is 0.667. The molecule has 0 spiro atoms. The third-order valence-corrected chi connectivity index (χ3v) is 1.11. The maximum atomic E-state index is 5.04. The SMILES string of the molecule is C=CCOO[Si](C)(C)C. The predicted molar refractivity (Wildman–Crippen MR) is 40.6 cm³/mol. The van der Waals surface area contributed by atoms with Crippen molar-refractivity contribution >= 4 is 8.32 Å². The molecule has 0 aliphatic rings. The smallest absolute Gasteiger partial charge is 0.230 e. The van der Waals surface area contributed by atoms with Gasteiger partial charge in [-0.15, -0.1) is 6.58 Å². The Hall–Kier alpha value is -0.123. The van der Waals surface area contributed by atoms with Crippen molar-refractivity contribution in [2.45, 2.75) is 19.6 Å². The third-order valence-electron chi connectivity index (χ3n) is 0.495. The van der Waals surface area contributed by atoms with Gasteiger partial charge in [-0.1, -0.05) is 6.08 Å². The van der Waals surface area contributed by atoms with Crippen molar-refractivity contribution in [3.05, 3.63) is 12.7 Å². The van der Waals surface area contributed by atoms with Gasteiger partial charge in [-0.2, -0.15) is 0 Å². The topological polar surface area (TPSA) is 18.5 Å². The zero-order valence-corrected chi connectivity index (χ0v) is 7.31. The minimum absolute atomic E-state index is 0.476. The van der Waals surface area contributed by atoms with Gasteiger partial charge in [-0.25, -0.2) is 4.89 Å². The van der Waals surface area contributed by atoms with Crippen LogP contribution in [0.3, 0.4) is 0 Å². The third kappa shape index (κ3) is 7.88. The molecule has 0 aromatic heterocycles. The Labute approximate surface area is 57.5 Å². The molecule has 0 unspecified atom stereocenters. The van der Waals surface area contributed by atoms with Crippen molar-refractivity contribution in [1.82, 2.24) is 0 Å². The average Bonchev–Trinajstić information content (AvgIpc) is 1.63. The molecule has 0 aromatic carbocycles. The lowest BCUT2D eigenvalue weighted by atomic mass is 10.7. The Morgan fingerprint density at radius 1 is 1.44 bits per heavy atom. The van der Waals surface area contributed by atoms with Crippen LogP contribution in [0.25, 0.3) is 0 Å². The van der Waals surface area contributed by atoms with Crippen molar-refractivity contribution in [2.75, 3.05) is 6.61 Å². The van der Waals surface area contributed by atoms with Crippen LogP contribution in [0, 0.1) is 0 Å². The molecule has 0 aromatic rings. The van der Waals surface area contributed by atoms with Crippen LogP contribution in [0.15, 0.2) is 12.7 Å². The highest BCUT2D eigenvalue weighted by Gasteiger charge is 2.15. The minimum Gasteiger partial charge on any atom is -0.287 e. The average molecular weight is 146 g/mol. The van der Waals surface area contributed by atoms with Crippen LogP contribution in [0.4, 0.5) is 0 Å². The summed E-state index contributed by atoms with van der Waals surface area (Å²) < 4.78 is 5.04. The van der Waals surface area contributed by atoms with Crippen molar-refractivity contribution in [3.8, 4) is 0 Å². The molecule has 0 amide bonds. The van der Waals surface area contributed by atoms with E-state index < -0.39 is 8.32 Å². The van der Waals surface area contributed by atoms with Gasteiger partial charge in [-0.3, -0.25) is 4.58 Å². The summed E-state index contributed by atoms with van der Waals surface area (Å²) in [6, 6.07) is 0. The molecule has 0 N–H and O–H groups in total. The number of hydrogen-bond acceptors (Lipinski definition) is 2. The molecule has 9 heavy (non-hydrogen) atoms. The van der Waals surface area contributed by atoms with Crippen molar-refractivity contribution in [2.24, 2.45) is 0 Å². The van der Waals surface area contributed by atoms with E-state index in [0.717, 1.165) is 0 Å². The molecule has 0 heterocycles. The van der Waals surface area contributed by atoms with Crippen LogP contribution in [0.5, 0.6) is 0 Å². The summed E-state index contributed by atoms with van der Waals surface area (Å²) in [5, 5.41) is 0. The molecule has 0 aliphatic carbocycles. The lowest BCUT2D eigenvalue weighted by molar-refractivity contribution is -0.206. The standard InChI is InChI=1S/C6H14O2Si/c1-5-6-7-8-9(2,3)4/h5H,1,6H2,2-4H3. The second-order valence-corrected chi connectivity index (χ2v) is 7.16. The van der Waals surface area contributed by atoms with Crippen LogP contribution in [-0.4, -0.2) is 14.9 Å². The summed E-state index contributed by atoms with van der Waals surface area (Å²) in [7, 11) is -1.46. The normalized spacial score (nSPS) is 11.4. The second kappa shape index (κ2) is 3.82. The molecular formula is C6H14O2Si. The van der Waals surface area contributed by atoms with E-state index in [0.29, 0.717) is 6.61 Å². The van der Waals surface area contributed by atoms with E-state index in [1.807, 2.05) is 0 Å². The van der Waals surface area contributed by atoms with Crippen LogP contribution in [-0.2, 0) is 9.46 Å². The van der Waals surface area contributed by atoms with Crippen molar-refractivity contribution in [3.63, 3.8) is 0 Å². The van der Waals surface area contributed by atoms with Crippen molar-refractivity contribution < 1.29 is 9.46 Å². The quantitative estimate of drug-likeness (QED) is 0.198. The summed E-state index contributed by atoms with van der Waals surface area (Å²) in [6.45, 7) is 10.2. The summed E-state index contributed by atoms with van der Waals surface area (Å²) in [5.74, 6) is 0. The van der Waals surface area contributed by atoms with Gasteiger partial charge in [-0.05, 0) is 19.6 Å².